The summed E-state index contributed by atoms with van der Waals surface area (Å²) in [5.74, 6) is 0.668. The van der Waals surface area contributed by atoms with E-state index in [4.69, 9.17) is 4.74 Å². The molecule has 140 valence electrons. The van der Waals surface area contributed by atoms with E-state index in [1.54, 1.807) is 36.5 Å². The highest BCUT2D eigenvalue weighted by molar-refractivity contribution is 7.89. The third-order valence-electron chi connectivity index (χ3n) is 5.09. The minimum Gasteiger partial charge on any atom is -0.497 e. The highest BCUT2D eigenvalue weighted by Crippen LogP contribution is 2.26. The number of hydrogen-bond acceptors (Lipinski definition) is 4. The van der Waals surface area contributed by atoms with Crippen LogP contribution >= 0.6 is 0 Å². The van der Waals surface area contributed by atoms with Gasteiger partial charge in [0.25, 0.3) is 0 Å². The summed E-state index contributed by atoms with van der Waals surface area (Å²) in [6.07, 6.45) is 0. The summed E-state index contributed by atoms with van der Waals surface area (Å²) in [5, 5.41) is 0. The van der Waals surface area contributed by atoms with Gasteiger partial charge < -0.3 is 9.64 Å². The van der Waals surface area contributed by atoms with E-state index in [0.717, 1.165) is 5.69 Å². The minimum absolute atomic E-state index is 0.359. The van der Waals surface area contributed by atoms with Crippen molar-refractivity contribution >= 4 is 15.7 Å². The van der Waals surface area contributed by atoms with E-state index in [2.05, 4.69) is 36.9 Å². The van der Waals surface area contributed by atoms with Gasteiger partial charge in [0.05, 0.1) is 12.0 Å². The second-order valence-electron chi connectivity index (χ2n) is 6.79. The number of rotatable bonds is 4. The minimum atomic E-state index is -3.49. The van der Waals surface area contributed by atoms with Crippen LogP contribution in [-0.4, -0.2) is 46.0 Å². The van der Waals surface area contributed by atoms with Crippen LogP contribution in [0.5, 0.6) is 5.75 Å². The molecule has 6 heteroatoms. The van der Waals surface area contributed by atoms with Gasteiger partial charge in [0.2, 0.25) is 10.0 Å². The Balaban J connectivity index is 1.75. The smallest absolute Gasteiger partial charge is 0.243 e. The maximum absolute atomic E-state index is 13.0. The van der Waals surface area contributed by atoms with Crippen molar-refractivity contribution in [3.63, 3.8) is 0 Å². The van der Waals surface area contributed by atoms with Crippen LogP contribution in [-0.2, 0) is 10.0 Å². The van der Waals surface area contributed by atoms with E-state index in [-0.39, 0.29) is 0 Å². The van der Waals surface area contributed by atoms with Crippen molar-refractivity contribution in [1.82, 2.24) is 4.31 Å². The predicted molar refractivity (Wildman–Crippen MR) is 105 cm³/mol. The summed E-state index contributed by atoms with van der Waals surface area (Å²) >= 11 is 0. The summed E-state index contributed by atoms with van der Waals surface area (Å²) in [5.41, 5.74) is 4.39. The van der Waals surface area contributed by atoms with Crippen molar-refractivity contribution in [2.24, 2.45) is 0 Å². The van der Waals surface area contributed by atoms with Gasteiger partial charge in [0.15, 0.2) is 0 Å². The SMILES string of the molecule is COc1ccc(S(=O)(=O)N2CCN(c3ccc(C)c(C)c3)CC2)c(C)c1. The molecule has 1 fully saturated rings. The van der Waals surface area contributed by atoms with Gasteiger partial charge in [-0.25, -0.2) is 8.42 Å². The number of nitrogens with zero attached hydrogens (tertiary/aromatic N) is 2. The highest BCUT2D eigenvalue weighted by Gasteiger charge is 2.29. The third-order valence-corrected chi connectivity index (χ3v) is 7.15. The Morgan fingerprint density at radius 1 is 0.846 bits per heavy atom. The monoisotopic (exact) mass is 374 g/mol. The van der Waals surface area contributed by atoms with Gasteiger partial charge in [0.1, 0.15) is 5.75 Å². The van der Waals surface area contributed by atoms with Crippen LogP contribution in [0, 0.1) is 20.8 Å². The van der Waals surface area contributed by atoms with E-state index in [0.29, 0.717) is 42.4 Å². The first-order chi connectivity index (χ1) is 12.3. The average Bonchev–Trinajstić information content (AvgIpc) is 2.63. The van der Waals surface area contributed by atoms with Crippen molar-refractivity contribution in [2.75, 3.05) is 38.2 Å². The zero-order valence-corrected chi connectivity index (χ0v) is 16.6. The van der Waals surface area contributed by atoms with Crippen LogP contribution in [0.1, 0.15) is 16.7 Å². The first kappa shape index (κ1) is 18.7. The Kier molecular flexibility index (Phi) is 5.25. The second kappa shape index (κ2) is 7.29. The van der Waals surface area contributed by atoms with Crippen LogP contribution in [0.3, 0.4) is 0 Å². The van der Waals surface area contributed by atoms with E-state index >= 15 is 0 Å². The molecule has 5 nitrogen and oxygen atoms in total. The first-order valence-electron chi connectivity index (χ1n) is 8.80. The lowest BCUT2D eigenvalue weighted by Crippen LogP contribution is -2.48. The maximum Gasteiger partial charge on any atom is 0.243 e. The molecule has 0 atom stereocenters. The zero-order valence-electron chi connectivity index (χ0n) is 15.8. The average molecular weight is 375 g/mol. The van der Waals surface area contributed by atoms with Gasteiger partial charge in [-0.05, 0) is 67.8 Å². The fraction of sp³-hybridized carbons (Fsp3) is 0.400. The van der Waals surface area contributed by atoms with Crippen LogP contribution < -0.4 is 9.64 Å². The molecule has 0 N–H and O–H groups in total. The molecular formula is C20H26N2O3S. The molecule has 0 aromatic heterocycles. The fourth-order valence-electron chi connectivity index (χ4n) is 3.29. The lowest BCUT2D eigenvalue weighted by Gasteiger charge is -2.35. The summed E-state index contributed by atoms with van der Waals surface area (Å²) in [7, 11) is -1.91. The molecule has 0 saturated carbocycles. The van der Waals surface area contributed by atoms with Gasteiger partial charge in [-0.15, -0.1) is 0 Å². The molecule has 1 saturated heterocycles. The second-order valence-corrected chi connectivity index (χ2v) is 8.70. The summed E-state index contributed by atoms with van der Waals surface area (Å²) in [6, 6.07) is 11.5. The molecule has 1 aliphatic rings. The number of ether oxygens (including phenoxy) is 1. The fourth-order valence-corrected chi connectivity index (χ4v) is 4.91. The number of methoxy groups -OCH3 is 1. The summed E-state index contributed by atoms with van der Waals surface area (Å²) < 4.78 is 32.8. The molecule has 0 spiro atoms. The zero-order chi connectivity index (χ0) is 18.9. The normalized spacial score (nSPS) is 15.9. The van der Waals surface area contributed by atoms with Crippen molar-refractivity contribution in [3.8, 4) is 5.75 Å². The van der Waals surface area contributed by atoms with E-state index in [9.17, 15) is 8.42 Å². The highest BCUT2D eigenvalue weighted by atomic mass is 32.2. The van der Waals surface area contributed by atoms with Gasteiger partial charge >= 0.3 is 0 Å². The summed E-state index contributed by atoms with van der Waals surface area (Å²) in [6.45, 7) is 8.36. The number of hydrogen-bond donors (Lipinski definition) is 0. The Labute approximate surface area is 156 Å². The topological polar surface area (TPSA) is 49.9 Å². The van der Waals surface area contributed by atoms with Crippen LogP contribution in [0.15, 0.2) is 41.3 Å². The lowest BCUT2D eigenvalue weighted by molar-refractivity contribution is 0.384. The molecular weight excluding hydrogens is 348 g/mol. The van der Waals surface area contributed by atoms with Crippen LogP contribution in [0.4, 0.5) is 5.69 Å². The molecule has 2 aromatic carbocycles. The molecule has 0 bridgehead atoms. The first-order valence-corrected chi connectivity index (χ1v) is 10.2. The molecule has 3 rings (SSSR count). The molecule has 2 aromatic rings. The van der Waals surface area contributed by atoms with Crippen molar-refractivity contribution < 1.29 is 13.2 Å². The van der Waals surface area contributed by atoms with Crippen molar-refractivity contribution in [2.45, 2.75) is 25.7 Å². The van der Waals surface area contributed by atoms with Gasteiger partial charge in [-0.1, -0.05) is 6.07 Å². The molecule has 0 amide bonds. The Morgan fingerprint density at radius 2 is 1.54 bits per heavy atom. The Bertz CT molecular complexity index is 901. The Morgan fingerprint density at radius 3 is 2.12 bits per heavy atom. The van der Waals surface area contributed by atoms with E-state index in [1.807, 2.05) is 0 Å². The molecule has 26 heavy (non-hydrogen) atoms. The largest absolute Gasteiger partial charge is 0.497 e. The molecule has 0 radical (unpaired) electrons. The number of piperazine rings is 1. The predicted octanol–water partition coefficient (Wildman–Crippen LogP) is 3.13. The maximum atomic E-state index is 13.0. The lowest BCUT2D eigenvalue weighted by atomic mass is 10.1. The number of benzene rings is 2. The van der Waals surface area contributed by atoms with E-state index < -0.39 is 10.0 Å². The molecule has 1 aliphatic heterocycles. The molecule has 1 heterocycles. The number of sulfonamides is 1. The standard InChI is InChI=1S/C20H26N2O3S/c1-15-5-6-18(13-16(15)2)21-9-11-22(12-10-21)26(23,24)20-8-7-19(25-4)14-17(20)3/h5-8,13-14H,9-12H2,1-4H3. The van der Waals surface area contributed by atoms with Gasteiger partial charge in [-0.3, -0.25) is 0 Å². The van der Waals surface area contributed by atoms with Gasteiger partial charge in [0, 0.05) is 31.9 Å². The van der Waals surface area contributed by atoms with Crippen molar-refractivity contribution in [1.29, 1.82) is 0 Å². The molecule has 0 unspecified atom stereocenters. The quantitative estimate of drug-likeness (QED) is 0.825. The Hall–Kier alpha value is -2.05. The van der Waals surface area contributed by atoms with Crippen molar-refractivity contribution in [3.05, 3.63) is 53.1 Å². The van der Waals surface area contributed by atoms with Gasteiger partial charge in [-0.2, -0.15) is 4.31 Å². The van der Waals surface area contributed by atoms with E-state index in [1.165, 1.54) is 11.1 Å². The molecule has 0 aliphatic carbocycles. The van der Waals surface area contributed by atoms with Crippen LogP contribution in [0.2, 0.25) is 0 Å². The number of anilines is 1. The van der Waals surface area contributed by atoms with Crippen LogP contribution in [0.25, 0.3) is 0 Å². The third kappa shape index (κ3) is 3.57. The number of aryl methyl sites for hydroxylation is 3. The summed E-state index contributed by atoms with van der Waals surface area (Å²) in [4.78, 5) is 2.61.